The molecule has 2 N–H and O–H groups in total. The Labute approximate surface area is 146 Å². The number of aromatic amines is 1. The highest BCUT2D eigenvalue weighted by Crippen LogP contribution is 2.33. The van der Waals surface area contributed by atoms with Crippen LogP contribution < -0.4 is 10.9 Å². The first kappa shape index (κ1) is 17.1. The molecule has 1 aromatic heterocycles. The van der Waals surface area contributed by atoms with Crippen LogP contribution in [0.25, 0.3) is 0 Å². The maximum absolute atomic E-state index is 12.6. The Kier molecular flexibility index (Phi) is 4.11. The highest BCUT2D eigenvalue weighted by molar-refractivity contribution is 6.07. The van der Waals surface area contributed by atoms with E-state index in [0.29, 0.717) is 29.8 Å². The number of benzene rings is 1. The van der Waals surface area contributed by atoms with Crippen LogP contribution in [0.4, 0.5) is 5.69 Å². The summed E-state index contributed by atoms with van der Waals surface area (Å²) in [5.74, 6) is -0.543. The number of hydrogen-bond donors (Lipinski definition) is 2. The van der Waals surface area contributed by atoms with E-state index in [4.69, 9.17) is 0 Å². The normalized spacial score (nSPS) is 15.6. The lowest BCUT2D eigenvalue weighted by Gasteiger charge is -2.29. The van der Waals surface area contributed by atoms with E-state index in [0.717, 1.165) is 11.1 Å². The molecule has 0 spiro atoms. The third kappa shape index (κ3) is 3.27. The lowest BCUT2D eigenvalue weighted by Crippen LogP contribution is -2.32. The third-order valence-electron chi connectivity index (χ3n) is 4.82. The molecule has 1 amide bonds. The minimum atomic E-state index is -0.504. The number of rotatable bonds is 2. The van der Waals surface area contributed by atoms with Crippen molar-refractivity contribution in [2.45, 2.75) is 40.5 Å². The molecule has 1 aliphatic rings. The van der Waals surface area contributed by atoms with Gasteiger partial charge in [0.15, 0.2) is 5.78 Å². The third-order valence-corrected chi connectivity index (χ3v) is 4.82. The Morgan fingerprint density at radius 2 is 1.88 bits per heavy atom. The van der Waals surface area contributed by atoms with Gasteiger partial charge in [0, 0.05) is 23.4 Å². The van der Waals surface area contributed by atoms with Crippen molar-refractivity contribution in [1.82, 2.24) is 4.98 Å². The van der Waals surface area contributed by atoms with E-state index in [9.17, 15) is 14.4 Å². The molecular weight excluding hydrogens is 316 g/mol. The highest BCUT2D eigenvalue weighted by atomic mass is 16.2. The molecule has 0 radical (unpaired) electrons. The molecule has 3 rings (SSSR count). The molecule has 0 aliphatic heterocycles. The molecule has 0 atom stereocenters. The molecule has 5 nitrogen and oxygen atoms in total. The summed E-state index contributed by atoms with van der Waals surface area (Å²) in [6.45, 7) is 7.85. The number of fused-ring (bicyclic) bond motifs is 1. The zero-order valence-electron chi connectivity index (χ0n) is 14.9. The summed E-state index contributed by atoms with van der Waals surface area (Å²) in [5.41, 5.74) is 3.04. The fourth-order valence-electron chi connectivity index (χ4n) is 3.27. The van der Waals surface area contributed by atoms with Gasteiger partial charge in [-0.2, -0.15) is 0 Å². The molecule has 0 bridgehead atoms. The monoisotopic (exact) mass is 338 g/mol. The minimum Gasteiger partial charge on any atom is -0.325 e. The van der Waals surface area contributed by atoms with Gasteiger partial charge in [-0.1, -0.05) is 26.0 Å². The number of nitrogens with one attached hydrogen (secondary N) is 2. The van der Waals surface area contributed by atoms with Crippen LogP contribution in [0.2, 0.25) is 0 Å². The van der Waals surface area contributed by atoms with Gasteiger partial charge in [0.1, 0.15) is 5.56 Å². The van der Waals surface area contributed by atoms with Crippen molar-refractivity contribution in [2.75, 3.05) is 5.32 Å². The number of pyridine rings is 1. The Bertz CT molecular complexity index is 938. The Morgan fingerprint density at radius 1 is 1.16 bits per heavy atom. The number of carbonyl (C=O) groups excluding carboxylic acids is 2. The van der Waals surface area contributed by atoms with Crippen molar-refractivity contribution >= 4 is 17.4 Å². The SMILES string of the molecule is Cc1cccc(NC(=O)c2cc3c([nH]c2=O)CC(C)(C)CC3=O)c1C. The molecule has 1 heterocycles. The number of anilines is 1. The van der Waals surface area contributed by atoms with Crippen LogP contribution in [0.5, 0.6) is 0 Å². The summed E-state index contributed by atoms with van der Waals surface area (Å²) in [4.78, 5) is 40.1. The summed E-state index contributed by atoms with van der Waals surface area (Å²) in [5, 5.41) is 2.78. The van der Waals surface area contributed by atoms with E-state index in [1.807, 2.05) is 39.8 Å². The predicted octanol–water partition coefficient (Wildman–Crippen LogP) is 3.40. The van der Waals surface area contributed by atoms with Crippen molar-refractivity contribution in [3.63, 3.8) is 0 Å². The minimum absolute atomic E-state index is 0.0345. The molecule has 0 fully saturated rings. The van der Waals surface area contributed by atoms with Gasteiger partial charge in [0.2, 0.25) is 0 Å². The first-order valence-electron chi connectivity index (χ1n) is 8.35. The molecule has 25 heavy (non-hydrogen) atoms. The van der Waals surface area contributed by atoms with Gasteiger partial charge in [0.05, 0.1) is 0 Å². The number of amides is 1. The Morgan fingerprint density at radius 3 is 2.60 bits per heavy atom. The summed E-state index contributed by atoms with van der Waals surface area (Å²) < 4.78 is 0. The van der Waals surface area contributed by atoms with E-state index < -0.39 is 11.5 Å². The molecule has 5 heteroatoms. The van der Waals surface area contributed by atoms with Crippen LogP contribution in [-0.2, 0) is 6.42 Å². The van der Waals surface area contributed by atoms with Gasteiger partial charge < -0.3 is 10.3 Å². The summed E-state index contributed by atoms with van der Waals surface area (Å²) in [6, 6.07) is 7.03. The highest BCUT2D eigenvalue weighted by Gasteiger charge is 2.32. The molecule has 130 valence electrons. The number of Topliss-reactive ketones (excluding diaryl/α,β-unsaturated/α-hetero) is 1. The quantitative estimate of drug-likeness (QED) is 0.881. The lowest BCUT2D eigenvalue weighted by molar-refractivity contribution is 0.0910. The molecule has 2 aromatic rings. The van der Waals surface area contributed by atoms with Gasteiger partial charge >= 0.3 is 0 Å². The smallest absolute Gasteiger partial charge is 0.261 e. The number of carbonyl (C=O) groups is 2. The molecule has 0 saturated carbocycles. The average molecular weight is 338 g/mol. The summed E-state index contributed by atoms with van der Waals surface area (Å²) >= 11 is 0. The Hall–Kier alpha value is -2.69. The van der Waals surface area contributed by atoms with Gasteiger partial charge in [-0.25, -0.2) is 0 Å². The zero-order chi connectivity index (χ0) is 18.4. The second-order valence-corrected chi connectivity index (χ2v) is 7.55. The first-order chi connectivity index (χ1) is 11.7. The number of hydrogen-bond acceptors (Lipinski definition) is 3. The van der Waals surface area contributed by atoms with E-state index in [-0.39, 0.29) is 16.8 Å². The van der Waals surface area contributed by atoms with Crippen LogP contribution >= 0.6 is 0 Å². The van der Waals surface area contributed by atoms with Crippen molar-refractivity contribution in [1.29, 1.82) is 0 Å². The molecule has 0 saturated heterocycles. The number of aromatic nitrogens is 1. The van der Waals surface area contributed by atoms with Crippen LogP contribution in [0.15, 0.2) is 29.1 Å². The molecule has 1 aliphatic carbocycles. The van der Waals surface area contributed by atoms with Gasteiger partial charge in [-0.15, -0.1) is 0 Å². The predicted molar refractivity (Wildman–Crippen MR) is 97.4 cm³/mol. The van der Waals surface area contributed by atoms with Crippen molar-refractivity contribution < 1.29 is 9.59 Å². The van der Waals surface area contributed by atoms with E-state index in [1.165, 1.54) is 6.07 Å². The molecular formula is C20H22N2O3. The second-order valence-electron chi connectivity index (χ2n) is 7.55. The topological polar surface area (TPSA) is 79.0 Å². The van der Waals surface area contributed by atoms with Gasteiger partial charge in [-0.05, 0) is 48.9 Å². The van der Waals surface area contributed by atoms with Gasteiger partial charge in [0.25, 0.3) is 11.5 Å². The van der Waals surface area contributed by atoms with E-state index in [2.05, 4.69) is 10.3 Å². The summed E-state index contributed by atoms with van der Waals surface area (Å²) in [6.07, 6.45) is 1.02. The van der Waals surface area contributed by atoms with Crippen LogP contribution in [-0.4, -0.2) is 16.7 Å². The second kappa shape index (κ2) is 5.99. The largest absolute Gasteiger partial charge is 0.325 e. The van der Waals surface area contributed by atoms with Crippen LogP contribution in [0.1, 0.15) is 57.8 Å². The van der Waals surface area contributed by atoms with E-state index in [1.54, 1.807) is 6.07 Å². The number of H-pyrrole nitrogens is 1. The summed E-state index contributed by atoms with van der Waals surface area (Å²) in [7, 11) is 0. The van der Waals surface area contributed by atoms with Gasteiger partial charge in [-0.3, -0.25) is 14.4 Å². The fraction of sp³-hybridized carbons (Fsp3) is 0.350. The van der Waals surface area contributed by atoms with Crippen molar-refractivity contribution in [3.8, 4) is 0 Å². The molecule has 0 unspecified atom stereocenters. The van der Waals surface area contributed by atoms with E-state index >= 15 is 0 Å². The van der Waals surface area contributed by atoms with Crippen molar-refractivity contribution in [3.05, 3.63) is 62.6 Å². The first-order valence-corrected chi connectivity index (χ1v) is 8.35. The lowest BCUT2D eigenvalue weighted by atomic mass is 9.75. The van der Waals surface area contributed by atoms with Crippen molar-refractivity contribution in [2.24, 2.45) is 5.41 Å². The number of aryl methyl sites for hydroxylation is 1. The average Bonchev–Trinajstić information content (AvgIpc) is 2.50. The fourth-order valence-corrected chi connectivity index (χ4v) is 3.27. The van der Waals surface area contributed by atoms with Crippen LogP contribution in [0.3, 0.4) is 0 Å². The zero-order valence-corrected chi connectivity index (χ0v) is 14.9. The Balaban J connectivity index is 1.97. The standard InChI is InChI=1S/C20H22N2O3/c1-11-6-5-7-15(12(11)2)21-18(24)14-8-13-16(22-19(14)25)9-20(3,4)10-17(13)23/h5-8H,9-10H2,1-4H3,(H,21,24)(H,22,25). The maximum atomic E-state index is 12.6. The molecule has 1 aromatic carbocycles. The maximum Gasteiger partial charge on any atom is 0.261 e. The number of ketones is 1. The van der Waals surface area contributed by atoms with Crippen LogP contribution in [0, 0.1) is 19.3 Å².